The Morgan fingerprint density at radius 2 is 2.33 bits per heavy atom. The summed E-state index contributed by atoms with van der Waals surface area (Å²) in [4.78, 5) is -0.158. The van der Waals surface area contributed by atoms with E-state index in [1.54, 1.807) is 0 Å². The van der Waals surface area contributed by atoms with Crippen LogP contribution in [-0.4, -0.2) is 10.2 Å². The van der Waals surface area contributed by atoms with Gasteiger partial charge in [-0.15, -0.1) is 11.6 Å². The van der Waals surface area contributed by atoms with Gasteiger partial charge in [0.15, 0.2) is 0 Å². The zero-order chi connectivity index (χ0) is 6.74. The molecule has 0 radical (unpaired) electrons. The molecule has 0 aromatic heterocycles. The van der Waals surface area contributed by atoms with Gasteiger partial charge in [0, 0.05) is 5.33 Å². The normalized spacial score (nSPS) is 33.1. The monoisotopic (exact) mass is 206 g/mol. The largest absolute Gasteiger partial charge is 0.113 e. The molecule has 0 aliphatic heterocycles. The second-order valence-electron chi connectivity index (χ2n) is 2.16. The van der Waals surface area contributed by atoms with Crippen molar-refractivity contribution in [2.45, 2.75) is 11.3 Å². The minimum atomic E-state index is -0.158. The fourth-order valence-corrected chi connectivity index (χ4v) is 1.32. The molecule has 1 rings (SSSR count). The van der Waals surface area contributed by atoms with Crippen LogP contribution in [0.1, 0.15) is 6.42 Å². The zero-order valence-electron chi connectivity index (χ0n) is 4.98. The van der Waals surface area contributed by atoms with Crippen molar-refractivity contribution < 1.29 is 0 Å². The molecule has 0 saturated carbocycles. The fraction of sp³-hybridized carbons (Fsp3) is 0.429. The average Bonchev–Trinajstić information content (AvgIpc) is 1.90. The van der Waals surface area contributed by atoms with Crippen LogP contribution in [0.3, 0.4) is 0 Å². The smallest absolute Gasteiger partial charge is 0.0759 e. The third-order valence-corrected chi connectivity index (χ3v) is 3.06. The molecule has 1 atom stereocenters. The third-order valence-electron chi connectivity index (χ3n) is 1.32. The van der Waals surface area contributed by atoms with Gasteiger partial charge in [-0.25, -0.2) is 0 Å². The SMILES string of the molecule is ClC1(CBr)C=CC=CC1. The number of halogens is 2. The summed E-state index contributed by atoms with van der Waals surface area (Å²) in [5.41, 5.74) is 0. The van der Waals surface area contributed by atoms with Crippen LogP contribution in [0.25, 0.3) is 0 Å². The van der Waals surface area contributed by atoms with E-state index in [0.717, 1.165) is 11.8 Å². The van der Waals surface area contributed by atoms with E-state index in [1.807, 2.05) is 18.2 Å². The molecule has 1 aliphatic rings. The van der Waals surface area contributed by atoms with Gasteiger partial charge in [0.05, 0.1) is 4.87 Å². The Morgan fingerprint density at radius 3 is 2.67 bits per heavy atom. The Balaban J connectivity index is 2.63. The highest BCUT2D eigenvalue weighted by molar-refractivity contribution is 9.09. The van der Waals surface area contributed by atoms with Crippen LogP contribution < -0.4 is 0 Å². The van der Waals surface area contributed by atoms with Crippen molar-refractivity contribution in [2.75, 3.05) is 5.33 Å². The first-order valence-electron chi connectivity index (χ1n) is 2.86. The number of hydrogen-bond acceptors (Lipinski definition) is 0. The molecular formula is C7H8BrCl. The summed E-state index contributed by atoms with van der Waals surface area (Å²) in [6.45, 7) is 0. The first kappa shape index (κ1) is 7.36. The van der Waals surface area contributed by atoms with Crippen molar-refractivity contribution in [3.8, 4) is 0 Å². The van der Waals surface area contributed by atoms with Crippen LogP contribution in [0.15, 0.2) is 24.3 Å². The van der Waals surface area contributed by atoms with E-state index in [1.165, 1.54) is 0 Å². The summed E-state index contributed by atoms with van der Waals surface area (Å²) in [7, 11) is 0. The maximum absolute atomic E-state index is 6.07. The molecular weight excluding hydrogens is 199 g/mol. The van der Waals surface area contributed by atoms with Gasteiger partial charge in [0.1, 0.15) is 0 Å². The molecule has 2 heteroatoms. The topological polar surface area (TPSA) is 0 Å². The van der Waals surface area contributed by atoms with Gasteiger partial charge in [0.2, 0.25) is 0 Å². The van der Waals surface area contributed by atoms with Crippen molar-refractivity contribution in [1.29, 1.82) is 0 Å². The van der Waals surface area contributed by atoms with Crippen LogP contribution in [-0.2, 0) is 0 Å². The van der Waals surface area contributed by atoms with Crippen molar-refractivity contribution in [2.24, 2.45) is 0 Å². The number of allylic oxidation sites excluding steroid dienone is 4. The fourth-order valence-electron chi connectivity index (χ4n) is 0.738. The van der Waals surface area contributed by atoms with Crippen molar-refractivity contribution in [3.63, 3.8) is 0 Å². The van der Waals surface area contributed by atoms with Crippen LogP contribution >= 0.6 is 27.5 Å². The number of rotatable bonds is 1. The van der Waals surface area contributed by atoms with Crippen LogP contribution in [0, 0.1) is 0 Å². The van der Waals surface area contributed by atoms with Gasteiger partial charge in [-0.2, -0.15) is 0 Å². The highest BCUT2D eigenvalue weighted by Gasteiger charge is 2.21. The molecule has 0 aromatic carbocycles. The molecule has 50 valence electrons. The Kier molecular flexibility index (Phi) is 2.36. The minimum absolute atomic E-state index is 0.158. The van der Waals surface area contributed by atoms with Crippen molar-refractivity contribution >= 4 is 27.5 Å². The summed E-state index contributed by atoms with van der Waals surface area (Å²) in [6.07, 6.45) is 9.02. The summed E-state index contributed by atoms with van der Waals surface area (Å²) in [5, 5.41) is 0.822. The predicted octanol–water partition coefficient (Wildman–Crippen LogP) is 2.88. The summed E-state index contributed by atoms with van der Waals surface area (Å²) in [5.74, 6) is 0. The molecule has 0 nitrogen and oxygen atoms in total. The predicted molar refractivity (Wildman–Crippen MR) is 45.3 cm³/mol. The first-order valence-corrected chi connectivity index (χ1v) is 4.36. The van der Waals surface area contributed by atoms with E-state index < -0.39 is 0 Å². The van der Waals surface area contributed by atoms with E-state index in [-0.39, 0.29) is 4.87 Å². The second kappa shape index (κ2) is 2.89. The molecule has 0 amide bonds. The lowest BCUT2D eigenvalue weighted by molar-refractivity contribution is 0.801. The van der Waals surface area contributed by atoms with Gasteiger partial charge in [0.25, 0.3) is 0 Å². The summed E-state index contributed by atoms with van der Waals surface area (Å²) in [6, 6.07) is 0. The van der Waals surface area contributed by atoms with E-state index in [2.05, 4.69) is 22.0 Å². The Hall–Kier alpha value is 0.250. The van der Waals surface area contributed by atoms with Crippen LogP contribution in [0.4, 0.5) is 0 Å². The van der Waals surface area contributed by atoms with Crippen molar-refractivity contribution in [1.82, 2.24) is 0 Å². The molecule has 0 N–H and O–H groups in total. The van der Waals surface area contributed by atoms with E-state index in [4.69, 9.17) is 11.6 Å². The number of hydrogen-bond donors (Lipinski definition) is 0. The van der Waals surface area contributed by atoms with E-state index in [9.17, 15) is 0 Å². The molecule has 0 saturated heterocycles. The average molecular weight is 207 g/mol. The summed E-state index contributed by atoms with van der Waals surface area (Å²) >= 11 is 9.42. The van der Waals surface area contributed by atoms with E-state index in [0.29, 0.717) is 0 Å². The standard InChI is InChI=1S/C7H8BrCl/c8-6-7(9)4-2-1-3-5-7/h1-4H,5-6H2. The Labute approximate surface area is 68.7 Å². The molecule has 0 heterocycles. The molecule has 1 unspecified atom stereocenters. The second-order valence-corrected chi connectivity index (χ2v) is 3.47. The Bertz CT molecular complexity index is 151. The molecule has 0 bridgehead atoms. The Morgan fingerprint density at radius 1 is 1.56 bits per heavy atom. The molecule has 1 aliphatic carbocycles. The maximum atomic E-state index is 6.07. The minimum Gasteiger partial charge on any atom is -0.113 e. The molecule has 0 fully saturated rings. The number of alkyl halides is 2. The first-order chi connectivity index (χ1) is 4.27. The lowest BCUT2D eigenvalue weighted by Crippen LogP contribution is -2.20. The quantitative estimate of drug-likeness (QED) is 0.580. The lowest BCUT2D eigenvalue weighted by Gasteiger charge is -2.19. The van der Waals surface area contributed by atoms with Gasteiger partial charge in [-0.05, 0) is 6.42 Å². The third kappa shape index (κ3) is 1.84. The lowest BCUT2D eigenvalue weighted by atomic mass is 10.0. The van der Waals surface area contributed by atoms with E-state index >= 15 is 0 Å². The summed E-state index contributed by atoms with van der Waals surface area (Å²) < 4.78 is 0. The van der Waals surface area contributed by atoms with Crippen LogP contribution in [0.2, 0.25) is 0 Å². The zero-order valence-corrected chi connectivity index (χ0v) is 7.32. The van der Waals surface area contributed by atoms with Gasteiger partial charge in [-0.1, -0.05) is 40.2 Å². The highest BCUT2D eigenvalue weighted by atomic mass is 79.9. The van der Waals surface area contributed by atoms with Gasteiger partial charge in [-0.3, -0.25) is 0 Å². The molecule has 9 heavy (non-hydrogen) atoms. The van der Waals surface area contributed by atoms with Crippen LogP contribution in [0.5, 0.6) is 0 Å². The van der Waals surface area contributed by atoms with Crippen molar-refractivity contribution in [3.05, 3.63) is 24.3 Å². The van der Waals surface area contributed by atoms with Gasteiger partial charge < -0.3 is 0 Å². The van der Waals surface area contributed by atoms with Gasteiger partial charge >= 0.3 is 0 Å². The maximum Gasteiger partial charge on any atom is 0.0759 e. The highest BCUT2D eigenvalue weighted by Crippen LogP contribution is 2.27. The molecule has 0 aromatic rings. The molecule has 0 spiro atoms.